The highest BCUT2D eigenvalue weighted by atomic mass is 16.2. The normalized spacial score (nSPS) is 16.3. The van der Waals surface area contributed by atoms with Gasteiger partial charge in [-0.05, 0) is 131 Å². The van der Waals surface area contributed by atoms with Crippen LogP contribution in [0.15, 0.2) is 12.2 Å². The summed E-state index contributed by atoms with van der Waals surface area (Å²) in [5.74, 6) is -5.53. The zero-order valence-electron chi connectivity index (χ0n) is 52.9. The minimum absolute atomic E-state index is 0.0300. The highest BCUT2D eigenvalue weighted by molar-refractivity contribution is 6.00. The van der Waals surface area contributed by atoms with Crippen molar-refractivity contribution in [2.24, 2.45) is 23.7 Å². The van der Waals surface area contributed by atoms with Gasteiger partial charge in [-0.1, -0.05) is 113 Å². The minimum Gasteiger partial charge on any atom is -0.354 e. The molecule has 1 saturated heterocycles. The summed E-state index contributed by atoms with van der Waals surface area (Å²) < 4.78 is 0. The molecule has 1 rings (SSSR count). The number of likely N-dealkylation sites (N-methyl/N-ethyl adjacent to an activating group) is 1. The van der Waals surface area contributed by atoms with Crippen LogP contribution in [0.4, 0.5) is 0 Å². The first-order chi connectivity index (χ1) is 37.6. The highest BCUT2D eigenvalue weighted by Gasteiger charge is 2.41. The standard InChI is InChI=1S/C60H109N11O10/c1-19-21-22-23-24-25-27-43(63-54(78)47-28-26-33-71(47)49(73)30-29-41(9)20-2)50(74)64-45(35-39(5)6)52(76)67-59(13,14)56(80)66-44(34-38(3)4)51(75)65-46(36-40(7)8)53(77)68-60(15,16)57(81)69-58(11,12)55(79)61-32-31-48(72)62-42(10)37-70(17)18/h29-30,38-47H,19-28,31-37H2,1-18H3,(H,61,79)(H,62,72)(H,63,78)(H,64,74)(H,65,75)(H,66,80)(H,67,76)(H,68,77)(H,69,81)/b30-29+/t41-,42-,43-,44-,45-,46-,47-/m0/s1. The number of hydrogen-bond donors (Lipinski definition) is 9. The number of allylic oxidation sites excluding steroid dienone is 1. The average molecular weight is 1140 g/mol. The van der Waals surface area contributed by atoms with E-state index in [1.165, 1.54) is 47.6 Å². The number of likely N-dealkylation sites (tertiary alicyclic amines) is 1. The van der Waals surface area contributed by atoms with Gasteiger partial charge in [-0.2, -0.15) is 0 Å². The molecule has 1 heterocycles. The Kier molecular flexibility index (Phi) is 32.1. The molecule has 0 saturated carbocycles. The Morgan fingerprint density at radius 1 is 0.568 bits per heavy atom. The molecule has 0 radical (unpaired) electrons. The van der Waals surface area contributed by atoms with E-state index in [0.717, 1.165) is 38.5 Å². The van der Waals surface area contributed by atoms with E-state index in [1.54, 1.807) is 4.90 Å². The van der Waals surface area contributed by atoms with E-state index in [4.69, 9.17) is 0 Å². The Hall–Kier alpha value is -5.60. The number of amides is 10. The predicted molar refractivity (Wildman–Crippen MR) is 318 cm³/mol. The molecular formula is C60H109N11O10. The van der Waals surface area contributed by atoms with E-state index in [1.807, 2.05) is 87.4 Å². The van der Waals surface area contributed by atoms with Crippen molar-refractivity contribution in [1.29, 1.82) is 0 Å². The van der Waals surface area contributed by atoms with Crippen LogP contribution in [0.25, 0.3) is 0 Å². The fraction of sp³-hybridized carbons (Fsp3) is 0.800. The summed E-state index contributed by atoms with van der Waals surface area (Å²) in [6, 6.07) is -5.28. The molecule has 0 spiro atoms. The molecule has 0 aromatic carbocycles. The van der Waals surface area contributed by atoms with Crippen LogP contribution in [0.1, 0.15) is 201 Å². The van der Waals surface area contributed by atoms with Gasteiger partial charge in [0.2, 0.25) is 59.1 Å². The van der Waals surface area contributed by atoms with Crippen molar-refractivity contribution in [3.63, 3.8) is 0 Å². The molecule has 0 aromatic heterocycles. The third-order valence-electron chi connectivity index (χ3n) is 14.2. The molecule has 0 unspecified atom stereocenters. The van der Waals surface area contributed by atoms with Gasteiger partial charge in [0.15, 0.2) is 0 Å². The number of nitrogens with zero attached hydrogens (tertiary/aromatic N) is 2. The molecule has 0 aromatic rings. The molecule has 21 nitrogen and oxygen atoms in total. The summed E-state index contributed by atoms with van der Waals surface area (Å²) in [6.45, 7) is 29.3. The number of carbonyl (C=O) groups is 10. The quantitative estimate of drug-likeness (QED) is 0.0305. The summed E-state index contributed by atoms with van der Waals surface area (Å²) in [4.78, 5) is 141. The van der Waals surface area contributed by atoms with Crippen molar-refractivity contribution < 1.29 is 47.9 Å². The third-order valence-corrected chi connectivity index (χ3v) is 14.2. The Morgan fingerprint density at radius 3 is 1.56 bits per heavy atom. The topological polar surface area (TPSA) is 285 Å². The van der Waals surface area contributed by atoms with Gasteiger partial charge >= 0.3 is 0 Å². The molecule has 464 valence electrons. The van der Waals surface area contributed by atoms with Gasteiger partial charge in [0.05, 0.1) is 0 Å². The maximum atomic E-state index is 14.3. The summed E-state index contributed by atoms with van der Waals surface area (Å²) in [5.41, 5.74) is -4.65. The first-order valence-corrected chi connectivity index (χ1v) is 30.0. The minimum atomic E-state index is -1.63. The van der Waals surface area contributed by atoms with Crippen molar-refractivity contribution in [1.82, 2.24) is 57.7 Å². The van der Waals surface area contributed by atoms with Gasteiger partial charge in [-0.15, -0.1) is 0 Å². The van der Waals surface area contributed by atoms with Gasteiger partial charge < -0.3 is 57.7 Å². The number of rotatable bonds is 37. The second-order valence-electron chi connectivity index (χ2n) is 25.6. The van der Waals surface area contributed by atoms with Crippen LogP contribution in [0.5, 0.6) is 0 Å². The smallest absolute Gasteiger partial charge is 0.246 e. The van der Waals surface area contributed by atoms with Crippen LogP contribution in [0.2, 0.25) is 0 Å². The van der Waals surface area contributed by atoms with Crippen molar-refractivity contribution in [2.45, 2.75) is 254 Å². The van der Waals surface area contributed by atoms with Crippen molar-refractivity contribution >= 4 is 59.1 Å². The molecule has 81 heavy (non-hydrogen) atoms. The predicted octanol–water partition coefficient (Wildman–Crippen LogP) is 4.66. The van der Waals surface area contributed by atoms with Crippen LogP contribution in [0.3, 0.4) is 0 Å². The summed E-state index contributed by atoms with van der Waals surface area (Å²) in [6.07, 6.45) is 11.9. The molecule has 1 fully saturated rings. The van der Waals surface area contributed by atoms with Gasteiger partial charge in [-0.25, -0.2) is 0 Å². The first-order valence-electron chi connectivity index (χ1n) is 30.0. The zero-order valence-corrected chi connectivity index (χ0v) is 52.9. The molecule has 9 N–H and O–H groups in total. The largest absolute Gasteiger partial charge is 0.354 e. The molecule has 1 aliphatic rings. The Bertz CT molecular complexity index is 2110. The average Bonchev–Trinajstić information content (AvgIpc) is 3.85. The number of nitrogens with one attached hydrogen (secondary N) is 9. The molecule has 10 amide bonds. The SMILES string of the molecule is CCCCCCCC[C@H](NC(=O)[C@@H]1CCCN1C(=O)/C=C/[C@@H](C)CC)C(=O)N[C@@H](CC(C)C)C(=O)NC(C)(C)C(=O)N[C@@H](CC(C)C)C(=O)N[C@@H](CC(C)C)C(=O)NC(C)(C)C(=O)NC(C)(C)C(=O)NCCC(=O)N[C@@H](C)CN(C)C. The molecule has 1 aliphatic heterocycles. The summed E-state index contributed by atoms with van der Waals surface area (Å²) in [7, 11) is 3.80. The second-order valence-corrected chi connectivity index (χ2v) is 25.6. The van der Waals surface area contributed by atoms with E-state index in [9.17, 15) is 47.9 Å². The van der Waals surface area contributed by atoms with Gasteiger partial charge in [0.1, 0.15) is 46.8 Å². The summed E-state index contributed by atoms with van der Waals surface area (Å²) >= 11 is 0. The number of carbonyl (C=O) groups excluding carboxylic acids is 10. The van der Waals surface area contributed by atoms with Crippen LogP contribution >= 0.6 is 0 Å². The summed E-state index contributed by atoms with van der Waals surface area (Å²) in [5, 5.41) is 25.2. The zero-order chi connectivity index (χ0) is 62.0. The van der Waals surface area contributed by atoms with Crippen LogP contribution in [-0.4, -0.2) is 155 Å². The van der Waals surface area contributed by atoms with E-state index >= 15 is 0 Å². The van der Waals surface area contributed by atoms with Gasteiger partial charge in [0.25, 0.3) is 0 Å². The first kappa shape index (κ1) is 73.4. The van der Waals surface area contributed by atoms with Gasteiger partial charge in [0, 0.05) is 32.1 Å². The fourth-order valence-corrected chi connectivity index (χ4v) is 9.29. The third kappa shape index (κ3) is 27.8. The Balaban J connectivity index is 3.27. The van der Waals surface area contributed by atoms with Crippen LogP contribution < -0.4 is 47.9 Å². The van der Waals surface area contributed by atoms with Gasteiger partial charge in [-0.3, -0.25) is 47.9 Å². The molecule has 21 heteroatoms. The molecular weight excluding hydrogens is 1030 g/mol. The van der Waals surface area contributed by atoms with Crippen LogP contribution in [-0.2, 0) is 47.9 Å². The van der Waals surface area contributed by atoms with E-state index in [2.05, 4.69) is 54.8 Å². The maximum Gasteiger partial charge on any atom is 0.246 e. The monoisotopic (exact) mass is 1140 g/mol. The van der Waals surface area contributed by atoms with E-state index < -0.39 is 94.1 Å². The van der Waals surface area contributed by atoms with Crippen LogP contribution in [0, 0.1) is 23.7 Å². The lowest BCUT2D eigenvalue weighted by atomic mass is 9.96. The van der Waals surface area contributed by atoms with Crippen molar-refractivity contribution in [3.8, 4) is 0 Å². The van der Waals surface area contributed by atoms with Crippen molar-refractivity contribution in [3.05, 3.63) is 12.2 Å². The second kappa shape index (κ2) is 35.4. The Labute approximate surface area is 486 Å². The Morgan fingerprint density at radius 2 is 1.05 bits per heavy atom. The molecule has 0 bridgehead atoms. The lowest BCUT2D eigenvalue weighted by Crippen LogP contribution is -2.65. The molecule has 0 aliphatic carbocycles. The lowest BCUT2D eigenvalue weighted by molar-refractivity contribution is -0.139. The number of unbranched alkanes of at least 4 members (excludes halogenated alkanes) is 5. The lowest BCUT2D eigenvalue weighted by Gasteiger charge is -2.34. The molecule has 7 atom stereocenters. The van der Waals surface area contributed by atoms with E-state index in [-0.39, 0.29) is 73.8 Å². The maximum absolute atomic E-state index is 14.3. The fourth-order valence-electron chi connectivity index (χ4n) is 9.29. The highest BCUT2D eigenvalue weighted by Crippen LogP contribution is 2.21. The van der Waals surface area contributed by atoms with E-state index in [0.29, 0.717) is 38.8 Å². The van der Waals surface area contributed by atoms with Crippen molar-refractivity contribution in [2.75, 3.05) is 33.7 Å². The number of hydrogen-bond acceptors (Lipinski definition) is 11.